The second-order valence-corrected chi connectivity index (χ2v) is 8.21. The van der Waals surface area contributed by atoms with Crippen molar-refractivity contribution in [3.63, 3.8) is 0 Å². The minimum atomic E-state index is -0.804. The molecule has 2 aromatic rings. The number of hydrogen-bond acceptors (Lipinski definition) is 3. The van der Waals surface area contributed by atoms with Crippen molar-refractivity contribution >= 4 is 17.4 Å². The molecule has 1 fully saturated rings. The Kier molecular flexibility index (Phi) is 4.50. The van der Waals surface area contributed by atoms with Gasteiger partial charge in [-0.15, -0.1) is 11.3 Å². The van der Waals surface area contributed by atoms with E-state index in [1.807, 2.05) is 0 Å². The van der Waals surface area contributed by atoms with E-state index in [1.54, 1.807) is 11.3 Å². The van der Waals surface area contributed by atoms with Crippen LogP contribution in [0.25, 0.3) is 11.3 Å². The van der Waals surface area contributed by atoms with Crippen LogP contribution in [0.4, 0.5) is 4.79 Å². The third kappa shape index (κ3) is 3.30. The average molecular weight is 356 g/mol. The molecule has 1 saturated heterocycles. The topological polar surface area (TPSA) is 53.4 Å². The largest absolute Gasteiger partial charge is 0.465 e. The van der Waals surface area contributed by atoms with Crippen LogP contribution < -0.4 is 0 Å². The molecule has 0 radical (unpaired) electrons. The molecule has 132 valence electrons. The predicted octanol–water partition coefficient (Wildman–Crippen LogP) is 5.11. The van der Waals surface area contributed by atoms with Crippen LogP contribution in [0, 0.1) is 0 Å². The normalized spacial score (nSPS) is 21.2. The molecule has 4 nitrogen and oxygen atoms in total. The van der Waals surface area contributed by atoms with Gasteiger partial charge in [0.25, 0.3) is 0 Å². The summed E-state index contributed by atoms with van der Waals surface area (Å²) >= 11 is 1.72. The summed E-state index contributed by atoms with van der Waals surface area (Å²) in [6.07, 6.45) is 4.72. The fraction of sp³-hybridized carbons (Fsp3) is 0.500. The highest BCUT2D eigenvalue weighted by Crippen LogP contribution is 2.36. The van der Waals surface area contributed by atoms with E-state index in [1.165, 1.54) is 40.9 Å². The highest BCUT2D eigenvalue weighted by atomic mass is 32.1. The maximum absolute atomic E-state index is 11.0. The van der Waals surface area contributed by atoms with Crippen LogP contribution in [-0.2, 0) is 6.42 Å². The Hall–Kier alpha value is -1.88. The summed E-state index contributed by atoms with van der Waals surface area (Å²) in [5, 5.41) is 12.4. The lowest BCUT2D eigenvalue weighted by atomic mass is 9.83. The molecule has 1 aliphatic heterocycles. The summed E-state index contributed by atoms with van der Waals surface area (Å²) in [7, 11) is 0. The molecule has 1 N–H and O–H groups in total. The first-order valence-electron chi connectivity index (χ1n) is 9.18. The lowest BCUT2D eigenvalue weighted by molar-refractivity contribution is 0.132. The fourth-order valence-corrected chi connectivity index (χ4v) is 5.12. The van der Waals surface area contributed by atoms with Gasteiger partial charge in [-0.1, -0.05) is 19.1 Å². The maximum atomic E-state index is 11.0. The number of aryl methyl sites for hydroxylation is 1. The molecule has 1 amide bonds. The number of fused-ring (bicyclic) bond motifs is 1. The van der Waals surface area contributed by atoms with E-state index in [0.717, 1.165) is 23.5 Å². The second kappa shape index (κ2) is 6.79. The van der Waals surface area contributed by atoms with Crippen molar-refractivity contribution in [2.45, 2.75) is 50.9 Å². The first kappa shape index (κ1) is 16.6. The van der Waals surface area contributed by atoms with Gasteiger partial charge < -0.3 is 10.0 Å². The number of likely N-dealkylation sites (tertiary alicyclic amines) is 1. The summed E-state index contributed by atoms with van der Waals surface area (Å²) in [5.74, 6) is 1.04. The lowest BCUT2D eigenvalue weighted by Crippen LogP contribution is -2.36. The van der Waals surface area contributed by atoms with E-state index < -0.39 is 6.09 Å². The van der Waals surface area contributed by atoms with Crippen LogP contribution in [0.5, 0.6) is 0 Å². The van der Waals surface area contributed by atoms with Crippen molar-refractivity contribution in [3.8, 4) is 11.3 Å². The Morgan fingerprint density at radius 2 is 2.08 bits per heavy atom. The molecule has 25 heavy (non-hydrogen) atoms. The smallest absolute Gasteiger partial charge is 0.407 e. The molecule has 0 bridgehead atoms. The van der Waals surface area contributed by atoms with Crippen LogP contribution in [0.15, 0.2) is 23.6 Å². The molecule has 1 unspecified atom stereocenters. The highest BCUT2D eigenvalue weighted by molar-refractivity contribution is 7.10. The van der Waals surface area contributed by atoms with Gasteiger partial charge in [-0.2, -0.15) is 0 Å². The molecule has 1 atom stereocenters. The first-order valence-corrected chi connectivity index (χ1v) is 10.1. The first-order chi connectivity index (χ1) is 12.1. The van der Waals surface area contributed by atoms with E-state index in [2.05, 4.69) is 30.5 Å². The average Bonchev–Trinajstić information content (AvgIpc) is 3.12. The molecular weight excluding hydrogens is 332 g/mol. The van der Waals surface area contributed by atoms with E-state index in [9.17, 15) is 4.79 Å². The number of thiazole rings is 1. The van der Waals surface area contributed by atoms with Crippen molar-refractivity contribution in [2.24, 2.45) is 0 Å². The maximum Gasteiger partial charge on any atom is 0.407 e. The summed E-state index contributed by atoms with van der Waals surface area (Å²) in [6.45, 7) is 3.56. The molecule has 1 aromatic heterocycles. The number of hydrogen-bond donors (Lipinski definition) is 1. The molecule has 0 spiro atoms. The van der Waals surface area contributed by atoms with Gasteiger partial charge in [0.05, 0.1) is 10.7 Å². The van der Waals surface area contributed by atoms with Crippen molar-refractivity contribution in [2.75, 3.05) is 13.1 Å². The molecule has 1 aliphatic carbocycles. The van der Waals surface area contributed by atoms with Crippen molar-refractivity contribution in [1.29, 1.82) is 0 Å². The van der Waals surface area contributed by atoms with Crippen LogP contribution >= 0.6 is 11.3 Å². The van der Waals surface area contributed by atoms with Gasteiger partial charge in [0.15, 0.2) is 0 Å². The van der Waals surface area contributed by atoms with E-state index in [0.29, 0.717) is 24.9 Å². The molecule has 5 heteroatoms. The Balaban J connectivity index is 1.52. The van der Waals surface area contributed by atoms with Crippen LogP contribution in [0.1, 0.15) is 60.6 Å². The second-order valence-electron chi connectivity index (χ2n) is 7.32. The zero-order chi connectivity index (χ0) is 17.4. The number of carbonyl (C=O) groups is 1. The number of aromatic nitrogens is 1. The lowest BCUT2D eigenvalue weighted by Gasteiger charge is -2.28. The third-order valence-corrected chi connectivity index (χ3v) is 6.70. The molecule has 0 saturated carbocycles. The summed E-state index contributed by atoms with van der Waals surface area (Å²) in [5.41, 5.74) is 5.28. The van der Waals surface area contributed by atoms with E-state index >= 15 is 0 Å². The quantitative estimate of drug-likeness (QED) is 0.814. The van der Waals surface area contributed by atoms with Crippen LogP contribution in [0.2, 0.25) is 0 Å². The van der Waals surface area contributed by atoms with E-state index in [-0.39, 0.29) is 0 Å². The summed E-state index contributed by atoms with van der Waals surface area (Å²) < 4.78 is 0. The number of piperidine rings is 1. The zero-order valence-corrected chi connectivity index (χ0v) is 15.4. The van der Waals surface area contributed by atoms with Gasteiger partial charge in [-0.3, -0.25) is 0 Å². The fourth-order valence-electron chi connectivity index (χ4n) is 4.12. The zero-order valence-electron chi connectivity index (χ0n) is 14.6. The third-order valence-electron chi connectivity index (χ3n) is 5.69. The van der Waals surface area contributed by atoms with E-state index in [4.69, 9.17) is 10.1 Å². The van der Waals surface area contributed by atoms with Gasteiger partial charge >= 0.3 is 6.09 Å². The number of amides is 1. The minimum Gasteiger partial charge on any atom is -0.465 e. The van der Waals surface area contributed by atoms with Crippen molar-refractivity contribution in [3.05, 3.63) is 39.7 Å². The monoisotopic (exact) mass is 356 g/mol. The van der Waals surface area contributed by atoms with Gasteiger partial charge in [0.1, 0.15) is 0 Å². The Labute approximate surface area is 152 Å². The number of rotatable bonds is 2. The van der Waals surface area contributed by atoms with Crippen molar-refractivity contribution < 1.29 is 9.90 Å². The molecular formula is C20H24N2O2S. The van der Waals surface area contributed by atoms with Crippen LogP contribution in [-0.4, -0.2) is 34.2 Å². The summed E-state index contributed by atoms with van der Waals surface area (Å²) in [4.78, 5) is 17.5. The summed E-state index contributed by atoms with van der Waals surface area (Å²) in [6, 6.07) is 6.83. The highest BCUT2D eigenvalue weighted by Gasteiger charge is 2.25. The minimum absolute atomic E-state index is 0.394. The number of benzene rings is 1. The molecule has 2 heterocycles. The van der Waals surface area contributed by atoms with Gasteiger partial charge in [-0.25, -0.2) is 9.78 Å². The Bertz CT molecular complexity index is 778. The molecule has 4 rings (SSSR count). The Morgan fingerprint density at radius 1 is 1.28 bits per heavy atom. The standard InChI is InChI=1S/C20H24N2O2S/c1-13-3-2-4-14-5-6-16(11-17(13)14)18-12-25-19(21-18)15-7-9-22(10-8-15)20(23)24/h5-6,11-13,15H,2-4,7-10H2,1H3,(H,23,24). The van der Waals surface area contributed by atoms with Crippen LogP contribution in [0.3, 0.4) is 0 Å². The number of nitrogens with zero attached hydrogens (tertiary/aromatic N) is 2. The van der Waals surface area contributed by atoms with Gasteiger partial charge in [0.2, 0.25) is 0 Å². The molecule has 1 aromatic carbocycles. The predicted molar refractivity (Wildman–Crippen MR) is 100 cm³/mol. The van der Waals surface area contributed by atoms with Crippen molar-refractivity contribution in [1.82, 2.24) is 9.88 Å². The van der Waals surface area contributed by atoms with Gasteiger partial charge in [0, 0.05) is 30.0 Å². The van der Waals surface area contributed by atoms with Gasteiger partial charge in [-0.05, 0) is 55.2 Å². The molecule has 2 aliphatic rings. The Morgan fingerprint density at radius 3 is 2.84 bits per heavy atom. The SMILES string of the molecule is CC1CCCc2ccc(-c3csc(C4CCN(C(=O)O)CC4)n3)cc21. The number of carboxylic acid groups (broad SMARTS) is 1.